The standard InChI is InChI=1S/C8H20OSi2/c1-11(2)7-8(10)5-3-4-6-9-8/h11H,3-7H2,1-2,10H3. The van der Waals surface area contributed by atoms with Crippen LogP contribution in [0.4, 0.5) is 0 Å². The molecule has 0 amide bonds. The zero-order chi connectivity index (χ0) is 8.32. The largest absolute Gasteiger partial charge is 0.380 e. The van der Waals surface area contributed by atoms with Gasteiger partial charge < -0.3 is 4.74 Å². The molecule has 0 spiro atoms. The average Bonchev–Trinajstić information content (AvgIpc) is 1.85. The van der Waals surface area contributed by atoms with Gasteiger partial charge in [-0.15, -0.1) is 0 Å². The molecule has 1 atom stereocenters. The molecule has 1 rings (SSSR count). The van der Waals surface area contributed by atoms with Gasteiger partial charge in [-0.1, -0.05) is 13.1 Å². The summed E-state index contributed by atoms with van der Waals surface area (Å²) >= 11 is 0. The number of ether oxygens (including phenoxy) is 1. The van der Waals surface area contributed by atoms with Gasteiger partial charge in [0.15, 0.2) is 0 Å². The fraction of sp³-hybridized carbons (Fsp3) is 1.00. The van der Waals surface area contributed by atoms with E-state index in [-0.39, 0.29) is 0 Å². The van der Waals surface area contributed by atoms with Crippen molar-refractivity contribution in [1.29, 1.82) is 0 Å². The van der Waals surface area contributed by atoms with E-state index in [9.17, 15) is 0 Å². The van der Waals surface area contributed by atoms with Gasteiger partial charge >= 0.3 is 0 Å². The second kappa shape index (κ2) is 3.87. The zero-order valence-electron chi connectivity index (χ0n) is 8.02. The van der Waals surface area contributed by atoms with E-state index in [0.717, 1.165) is 6.61 Å². The van der Waals surface area contributed by atoms with Crippen molar-refractivity contribution in [1.82, 2.24) is 0 Å². The summed E-state index contributed by atoms with van der Waals surface area (Å²) in [7, 11) is 0.839. The first kappa shape index (κ1) is 9.48. The van der Waals surface area contributed by atoms with Gasteiger partial charge in [0.2, 0.25) is 0 Å². The van der Waals surface area contributed by atoms with Crippen molar-refractivity contribution >= 4 is 19.0 Å². The van der Waals surface area contributed by atoms with Crippen molar-refractivity contribution in [3.8, 4) is 0 Å². The Morgan fingerprint density at radius 1 is 1.45 bits per heavy atom. The summed E-state index contributed by atoms with van der Waals surface area (Å²) in [5, 5.41) is 0.401. The van der Waals surface area contributed by atoms with Gasteiger partial charge in [0, 0.05) is 30.9 Å². The Balaban J connectivity index is 2.37. The monoisotopic (exact) mass is 188 g/mol. The minimum absolute atomic E-state index is 0.401. The highest BCUT2D eigenvalue weighted by atomic mass is 28.3. The second-order valence-corrected chi connectivity index (χ2v) is 9.37. The molecule has 1 unspecified atom stereocenters. The van der Waals surface area contributed by atoms with Crippen LogP contribution in [0.25, 0.3) is 0 Å². The topological polar surface area (TPSA) is 9.23 Å². The van der Waals surface area contributed by atoms with Gasteiger partial charge in [0.05, 0.1) is 0 Å². The Morgan fingerprint density at radius 2 is 2.18 bits per heavy atom. The molecule has 66 valence electrons. The molecule has 1 aliphatic heterocycles. The van der Waals surface area contributed by atoms with Crippen LogP contribution in [0.2, 0.25) is 19.1 Å². The summed E-state index contributed by atoms with van der Waals surface area (Å²) in [6, 6.07) is 1.42. The van der Waals surface area contributed by atoms with Crippen LogP contribution in [0.3, 0.4) is 0 Å². The molecule has 0 bridgehead atoms. The molecule has 0 aromatic carbocycles. The molecule has 1 heterocycles. The fourth-order valence-electron chi connectivity index (χ4n) is 2.02. The Morgan fingerprint density at radius 3 is 2.64 bits per heavy atom. The minimum Gasteiger partial charge on any atom is -0.380 e. The third-order valence-electron chi connectivity index (χ3n) is 2.39. The lowest BCUT2D eigenvalue weighted by atomic mass is 10.1. The van der Waals surface area contributed by atoms with Crippen LogP contribution in [0.15, 0.2) is 0 Å². The lowest BCUT2D eigenvalue weighted by molar-refractivity contribution is -0.00465. The van der Waals surface area contributed by atoms with Crippen LogP contribution in [0.1, 0.15) is 19.3 Å². The lowest BCUT2D eigenvalue weighted by Crippen LogP contribution is -2.39. The molecule has 1 nitrogen and oxygen atoms in total. The third-order valence-corrected chi connectivity index (χ3v) is 6.08. The van der Waals surface area contributed by atoms with Gasteiger partial charge in [0.1, 0.15) is 0 Å². The van der Waals surface area contributed by atoms with Gasteiger partial charge in [-0.05, 0) is 25.3 Å². The number of hydrogen-bond donors (Lipinski definition) is 0. The maximum Gasteiger partial charge on any atom is 0.0468 e. The van der Waals surface area contributed by atoms with E-state index in [2.05, 4.69) is 13.1 Å². The quantitative estimate of drug-likeness (QED) is 0.581. The molecular weight excluding hydrogens is 168 g/mol. The smallest absolute Gasteiger partial charge is 0.0468 e. The predicted octanol–water partition coefficient (Wildman–Crippen LogP) is 0.735. The van der Waals surface area contributed by atoms with Crippen LogP contribution in [0, 0.1) is 0 Å². The van der Waals surface area contributed by atoms with Gasteiger partial charge in [-0.3, -0.25) is 0 Å². The summed E-state index contributed by atoms with van der Waals surface area (Å²) in [6.45, 7) is 5.89. The Kier molecular flexibility index (Phi) is 3.34. The summed E-state index contributed by atoms with van der Waals surface area (Å²) in [6.07, 6.45) is 4.05. The van der Waals surface area contributed by atoms with E-state index in [4.69, 9.17) is 4.74 Å². The van der Waals surface area contributed by atoms with Crippen molar-refractivity contribution in [2.45, 2.75) is 43.6 Å². The van der Waals surface area contributed by atoms with Crippen LogP contribution in [-0.4, -0.2) is 30.9 Å². The molecular formula is C8H20OSi2. The summed E-state index contributed by atoms with van der Waals surface area (Å²) in [4.78, 5) is 0. The maximum absolute atomic E-state index is 5.87. The second-order valence-electron chi connectivity index (χ2n) is 4.35. The van der Waals surface area contributed by atoms with Crippen LogP contribution >= 0.6 is 0 Å². The van der Waals surface area contributed by atoms with Crippen molar-refractivity contribution in [2.24, 2.45) is 0 Å². The van der Waals surface area contributed by atoms with Crippen LogP contribution in [-0.2, 0) is 4.74 Å². The van der Waals surface area contributed by atoms with E-state index in [1.165, 1.54) is 35.5 Å². The summed E-state index contributed by atoms with van der Waals surface area (Å²) in [5.41, 5.74) is 0. The molecule has 1 fully saturated rings. The lowest BCUT2D eigenvalue weighted by Gasteiger charge is -2.35. The van der Waals surface area contributed by atoms with E-state index in [0.29, 0.717) is 5.22 Å². The molecule has 0 aliphatic carbocycles. The molecule has 0 saturated carbocycles. The normalized spacial score (nSPS) is 33.0. The van der Waals surface area contributed by atoms with E-state index in [1.807, 2.05) is 0 Å². The summed E-state index contributed by atoms with van der Waals surface area (Å²) < 4.78 is 5.87. The van der Waals surface area contributed by atoms with Crippen LogP contribution in [0.5, 0.6) is 0 Å². The zero-order valence-corrected chi connectivity index (χ0v) is 11.2. The van der Waals surface area contributed by atoms with E-state index < -0.39 is 8.80 Å². The molecule has 1 aliphatic rings. The van der Waals surface area contributed by atoms with E-state index in [1.54, 1.807) is 0 Å². The SMILES string of the molecule is C[SiH](C)CC1([SiH3])CCCCO1. The van der Waals surface area contributed by atoms with Crippen molar-refractivity contribution in [3.05, 3.63) is 0 Å². The number of rotatable bonds is 2. The highest BCUT2D eigenvalue weighted by Crippen LogP contribution is 2.26. The van der Waals surface area contributed by atoms with Gasteiger partial charge in [-0.2, -0.15) is 0 Å². The molecule has 11 heavy (non-hydrogen) atoms. The first-order valence-corrected chi connectivity index (χ1v) is 8.89. The predicted molar refractivity (Wildman–Crippen MR) is 56.2 cm³/mol. The van der Waals surface area contributed by atoms with Gasteiger partial charge in [-0.25, -0.2) is 0 Å². The average molecular weight is 188 g/mol. The third kappa shape index (κ3) is 3.09. The fourth-order valence-corrected chi connectivity index (χ4v) is 7.07. The molecule has 1 saturated heterocycles. The molecule has 0 aromatic rings. The Bertz CT molecular complexity index is 119. The van der Waals surface area contributed by atoms with Gasteiger partial charge in [0.25, 0.3) is 0 Å². The Labute approximate surface area is 74.6 Å². The van der Waals surface area contributed by atoms with Crippen LogP contribution < -0.4 is 0 Å². The molecule has 0 aromatic heterocycles. The highest BCUT2D eigenvalue weighted by molar-refractivity contribution is 6.57. The molecule has 0 N–H and O–H groups in total. The molecule has 0 radical (unpaired) electrons. The van der Waals surface area contributed by atoms with Crippen molar-refractivity contribution in [3.63, 3.8) is 0 Å². The first-order chi connectivity index (χ1) is 5.12. The molecule has 3 heteroatoms. The Hall–Kier alpha value is 0.394. The minimum atomic E-state index is -0.401. The number of hydrogen-bond acceptors (Lipinski definition) is 1. The van der Waals surface area contributed by atoms with Crippen molar-refractivity contribution in [2.75, 3.05) is 6.61 Å². The summed E-state index contributed by atoms with van der Waals surface area (Å²) in [5.74, 6) is 0. The highest BCUT2D eigenvalue weighted by Gasteiger charge is 2.28. The van der Waals surface area contributed by atoms with E-state index >= 15 is 0 Å². The first-order valence-electron chi connectivity index (χ1n) is 4.76. The van der Waals surface area contributed by atoms with Crippen molar-refractivity contribution < 1.29 is 4.74 Å². The maximum atomic E-state index is 5.87.